The van der Waals surface area contributed by atoms with Crippen molar-refractivity contribution in [3.63, 3.8) is 0 Å². The fraction of sp³-hybridized carbons (Fsp3) is 0.400. The molecule has 0 unspecified atom stereocenters. The number of aromatic nitrogens is 2. The first-order valence-electron chi connectivity index (χ1n) is 6.87. The lowest BCUT2D eigenvalue weighted by Gasteiger charge is -2.13. The molecular formula is C15H19N3O2S. The number of hydrogen-bond donors (Lipinski definition) is 1. The van der Waals surface area contributed by atoms with Crippen LogP contribution in [0.5, 0.6) is 0 Å². The van der Waals surface area contributed by atoms with E-state index >= 15 is 0 Å². The number of rotatable bonds is 4. The highest BCUT2D eigenvalue weighted by Crippen LogP contribution is 2.22. The fourth-order valence-corrected chi connectivity index (χ4v) is 3.12. The van der Waals surface area contributed by atoms with Crippen LogP contribution in [0.1, 0.15) is 45.8 Å². The van der Waals surface area contributed by atoms with Gasteiger partial charge < -0.3 is 9.88 Å². The van der Waals surface area contributed by atoms with Crippen molar-refractivity contribution in [2.75, 3.05) is 0 Å². The number of nitrogens with one attached hydrogen (secondary N) is 1. The topological polar surface area (TPSA) is 64.0 Å². The molecule has 0 radical (unpaired) electrons. The minimum Gasteiger partial charge on any atom is -0.344 e. The molecule has 5 nitrogen and oxygen atoms in total. The molecule has 2 heterocycles. The third-order valence-corrected chi connectivity index (χ3v) is 4.20. The first-order chi connectivity index (χ1) is 9.92. The quantitative estimate of drug-likeness (QED) is 0.943. The highest BCUT2D eigenvalue weighted by Gasteiger charge is 2.16. The molecule has 0 aliphatic carbocycles. The van der Waals surface area contributed by atoms with Crippen LogP contribution in [0, 0.1) is 13.8 Å². The van der Waals surface area contributed by atoms with Gasteiger partial charge >= 0.3 is 0 Å². The van der Waals surface area contributed by atoms with Crippen molar-refractivity contribution in [3.05, 3.63) is 49.8 Å². The lowest BCUT2D eigenvalue weighted by molar-refractivity contribution is 0.0939. The van der Waals surface area contributed by atoms with E-state index in [1.807, 2.05) is 27.7 Å². The molecule has 2 aromatic heterocycles. The normalized spacial score (nSPS) is 12.2. The third kappa shape index (κ3) is 3.39. The zero-order valence-corrected chi connectivity index (χ0v) is 13.5. The Morgan fingerprint density at radius 3 is 2.71 bits per heavy atom. The Hall–Kier alpha value is -1.95. The molecule has 0 saturated carbocycles. The molecule has 2 rings (SSSR count). The largest absolute Gasteiger partial charge is 0.344 e. The number of amides is 1. The van der Waals surface area contributed by atoms with Gasteiger partial charge in [0, 0.05) is 29.2 Å². The van der Waals surface area contributed by atoms with Crippen molar-refractivity contribution in [2.45, 2.75) is 40.3 Å². The average Bonchev–Trinajstić information content (AvgIpc) is 2.77. The van der Waals surface area contributed by atoms with E-state index < -0.39 is 0 Å². The zero-order valence-electron chi connectivity index (χ0n) is 12.6. The van der Waals surface area contributed by atoms with E-state index in [0.29, 0.717) is 12.1 Å². The number of hydrogen-bond acceptors (Lipinski definition) is 4. The van der Waals surface area contributed by atoms with Crippen LogP contribution in [0.25, 0.3) is 0 Å². The van der Waals surface area contributed by atoms with Gasteiger partial charge in [0.05, 0.1) is 16.7 Å². The highest BCUT2D eigenvalue weighted by molar-refractivity contribution is 7.11. The maximum atomic E-state index is 12.2. The Morgan fingerprint density at radius 1 is 1.48 bits per heavy atom. The van der Waals surface area contributed by atoms with Gasteiger partial charge in [-0.2, -0.15) is 0 Å². The average molecular weight is 305 g/mol. The van der Waals surface area contributed by atoms with Crippen molar-refractivity contribution in [1.29, 1.82) is 0 Å². The van der Waals surface area contributed by atoms with E-state index in [1.54, 1.807) is 28.2 Å². The number of thiazole rings is 1. The first-order valence-corrected chi connectivity index (χ1v) is 7.69. The lowest BCUT2D eigenvalue weighted by atomic mass is 10.2. The van der Waals surface area contributed by atoms with Crippen molar-refractivity contribution in [3.8, 4) is 0 Å². The van der Waals surface area contributed by atoms with E-state index in [9.17, 15) is 9.59 Å². The first kappa shape index (κ1) is 15.4. The highest BCUT2D eigenvalue weighted by atomic mass is 32.1. The van der Waals surface area contributed by atoms with Gasteiger partial charge in [-0.15, -0.1) is 11.3 Å². The Balaban J connectivity index is 2.16. The lowest BCUT2D eigenvalue weighted by Crippen LogP contribution is -2.29. The maximum absolute atomic E-state index is 12.2. The molecule has 0 bridgehead atoms. The second kappa shape index (κ2) is 6.22. The van der Waals surface area contributed by atoms with Crippen molar-refractivity contribution >= 4 is 17.2 Å². The summed E-state index contributed by atoms with van der Waals surface area (Å²) in [7, 11) is 0. The Bertz CT molecular complexity index is 718. The predicted molar refractivity (Wildman–Crippen MR) is 83.8 cm³/mol. The van der Waals surface area contributed by atoms with Gasteiger partial charge in [0.2, 0.25) is 0 Å². The van der Waals surface area contributed by atoms with Crippen molar-refractivity contribution in [1.82, 2.24) is 14.9 Å². The fourth-order valence-electron chi connectivity index (χ4n) is 2.21. The molecule has 1 N–H and O–H groups in total. The minimum absolute atomic E-state index is 0.168. The van der Waals surface area contributed by atoms with Crippen molar-refractivity contribution < 1.29 is 4.79 Å². The monoisotopic (exact) mass is 305 g/mol. The van der Waals surface area contributed by atoms with E-state index in [2.05, 4.69) is 10.3 Å². The standard InChI is InChI=1S/C15H19N3O2S/c1-5-18-7-6-12(8-13(18)19)15(20)16-9(2)14-10(3)21-11(4)17-14/h6-9H,5H2,1-4H3,(H,16,20)/t9-/m0/s1. The second-order valence-corrected chi connectivity index (χ2v) is 6.32. The molecule has 0 aliphatic heterocycles. The van der Waals surface area contributed by atoms with E-state index in [0.717, 1.165) is 15.6 Å². The molecule has 0 aromatic carbocycles. The molecule has 1 amide bonds. The number of carbonyl (C=O) groups is 1. The van der Waals surface area contributed by atoms with Gasteiger partial charge in [-0.05, 0) is 33.8 Å². The molecule has 112 valence electrons. The van der Waals surface area contributed by atoms with Gasteiger partial charge in [0.1, 0.15) is 0 Å². The molecule has 6 heteroatoms. The van der Waals surface area contributed by atoms with Gasteiger partial charge in [0.25, 0.3) is 11.5 Å². The van der Waals surface area contributed by atoms with Crippen molar-refractivity contribution in [2.24, 2.45) is 0 Å². The SMILES string of the molecule is CCn1ccc(C(=O)N[C@@H](C)c2nc(C)sc2C)cc1=O. The van der Waals surface area contributed by atoms with Crippen LogP contribution < -0.4 is 10.9 Å². The zero-order chi connectivity index (χ0) is 15.6. The molecule has 2 aromatic rings. The number of carbonyl (C=O) groups excluding carboxylic acids is 1. The number of aryl methyl sites for hydroxylation is 3. The molecule has 0 spiro atoms. The summed E-state index contributed by atoms with van der Waals surface area (Å²) in [6, 6.07) is 2.84. The molecule has 0 fully saturated rings. The number of pyridine rings is 1. The molecule has 0 saturated heterocycles. The van der Waals surface area contributed by atoms with Gasteiger partial charge in [-0.1, -0.05) is 0 Å². The molecule has 1 atom stereocenters. The summed E-state index contributed by atoms with van der Waals surface area (Å²) >= 11 is 1.61. The van der Waals surface area contributed by atoms with Crippen LogP contribution in [0.4, 0.5) is 0 Å². The van der Waals surface area contributed by atoms with Crippen LogP contribution in [0.15, 0.2) is 23.1 Å². The maximum Gasteiger partial charge on any atom is 0.252 e. The van der Waals surface area contributed by atoms with Crippen LogP contribution >= 0.6 is 11.3 Å². The van der Waals surface area contributed by atoms with Crippen LogP contribution in [0.2, 0.25) is 0 Å². The Morgan fingerprint density at radius 2 is 2.19 bits per heavy atom. The smallest absolute Gasteiger partial charge is 0.252 e. The molecule has 21 heavy (non-hydrogen) atoms. The third-order valence-electron chi connectivity index (χ3n) is 3.30. The van der Waals surface area contributed by atoms with Gasteiger partial charge in [0.15, 0.2) is 0 Å². The van der Waals surface area contributed by atoms with Crippen LogP contribution in [0.3, 0.4) is 0 Å². The minimum atomic E-state index is -0.257. The van der Waals surface area contributed by atoms with E-state index in [4.69, 9.17) is 0 Å². The van der Waals surface area contributed by atoms with E-state index in [1.165, 1.54) is 6.07 Å². The summed E-state index contributed by atoms with van der Waals surface area (Å²) in [6.45, 7) is 8.31. The van der Waals surface area contributed by atoms with E-state index in [-0.39, 0.29) is 17.5 Å². The summed E-state index contributed by atoms with van der Waals surface area (Å²) in [5.74, 6) is -0.257. The predicted octanol–water partition coefficient (Wildman–Crippen LogP) is 2.43. The summed E-state index contributed by atoms with van der Waals surface area (Å²) < 4.78 is 1.55. The summed E-state index contributed by atoms with van der Waals surface area (Å²) in [5.41, 5.74) is 1.09. The summed E-state index contributed by atoms with van der Waals surface area (Å²) in [4.78, 5) is 29.5. The summed E-state index contributed by atoms with van der Waals surface area (Å²) in [5, 5.41) is 3.87. The van der Waals surface area contributed by atoms with Crippen LogP contribution in [-0.2, 0) is 6.54 Å². The van der Waals surface area contributed by atoms with Gasteiger partial charge in [-0.25, -0.2) is 4.98 Å². The summed E-state index contributed by atoms with van der Waals surface area (Å²) in [6.07, 6.45) is 1.64. The Labute approximate surface area is 127 Å². The second-order valence-electron chi connectivity index (χ2n) is 4.91. The Kier molecular flexibility index (Phi) is 4.57. The van der Waals surface area contributed by atoms with Crippen LogP contribution in [-0.4, -0.2) is 15.5 Å². The number of nitrogens with zero attached hydrogens (tertiary/aromatic N) is 2. The van der Waals surface area contributed by atoms with Gasteiger partial charge in [-0.3, -0.25) is 9.59 Å². The molecular weight excluding hydrogens is 286 g/mol. The molecule has 0 aliphatic rings.